The Morgan fingerprint density at radius 1 is 1.45 bits per heavy atom. The number of carbonyl (C=O) groups excluding carboxylic acids is 2. The minimum absolute atomic E-state index is 0.150. The molecule has 0 bridgehead atoms. The second-order valence-corrected chi connectivity index (χ2v) is 5.91. The Morgan fingerprint density at radius 3 is 2.86 bits per heavy atom. The number of nitrogens with zero attached hydrogens (tertiary/aromatic N) is 2. The van der Waals surface area contributed by atoms with Crippen LogP contribution in [0.1, 0.15) is 13.8 Å². The second-order valence-electron chi connectivity index (χ2n) is 4.96. The maximum atomic E-state index is 11.7. The lowest BCUT2D eigenvalue weighted by Gasteiger charge is -2.07. The molecule has 2 aromatic rings. The highest BCUT2D eigenvalue weighted by atomic mass is 32.1. The molecule has 2 heterocycles. The summed E-state index contributed by atoms with van der Waals surface area (Å²) >= 11 is 1.36. The van der Waals surface area contributed by atoms with Crippen LogP contribution in [0.5, 0.6) is 0 Å². The number of carbonyl (C=O) groups is 2. The van der Waals surface area contributed by atoms with E-state index in [4.69, 9.17) is 4.42 Å². The number of thiophene rings is 1. The van der Waals surface area contributed by atoms with Crippen molar-refractivity contribution in [3.8, 4) is 10.8 Å². The fourth-order valence-electron chi connectivity index (χ4n) is 1.55. The topological polar surface area (TPSA) is 106 Å². The van der Waals surface area contributed by atoms with E-state index in [1.165, 1.54) is 11.3 Å². The van der Waals surface area contributed by atoms with Gasteiger partial charge in [0.05, 0.1) is 4.88 Å². The minimum atomic E-state index is -0.749. The quantitative estimate of drug-likeness (QED) is 0.855. The monoisotopic (exact) mass is 324 g/mol. The highest BCUT2D eigenvalue weighted by Gasteiger charge is 2.15. The molecule has 0 saturated carbocycles. The highest BCUT2D eigenvalue weighted by molar-refractivity contribution is 7.13. The fraction of sp³-hybridized carbons (Fsp3) is 0.385. The van der Waals surface area contributed by atoms with Gasteiger partial charge in [-0.15, -0.1) is 16.4 Å². The van der Waals surface area contributed by atoms with Crippen molar-refractivity contribution in [2.45, 2.75) is 20.4 Å². The minimum Gasteiger partial charge on any atom is -0.387 e. The van der Waals surface area contributed by atoms with Gasteiger partial charge in [0, 0.05) is 6.54 Å². The van der Waals surface area contributed by atoms with Crippen LogP contribution < -0.4 is 16.4 Å². The number of rotatable bonds is 5. The van der Waals surface area contributed by atoms with Crippen LogP contribution in [-0.2, 0) is 11.3 Å². The number of amides is 3. The molecular formula is C13H16N4O4S. The maximum Gasteiger partial charge on any atom is 0.437 e. The summed E-state index contributed by atoms with van der Waals surface area (Å²) in [5, 5.41) is 10.4. The van der Waals surface area contributed by atoms with Gasteiger partial charge in [0.2, 0.25) is 5.91 Å². The Kier molecular flexibility index (Phi) is 5.10. The zero-order chi connectivity index (χ0) is 16.1. The van der Waals surface area contributed by atoms with Gasteiger partial charge in [0.25, 0.3) is 5.89 Å². The van der Waals surface area contributed by atoms with Gasteiger partial charge < -0.3 is 9.73 Å². The molecule has 9 heteroatoms. The van der Waals surface area contributed by atoms with Crippen molar-refractivity contribution >= 4 is 23.3 Å². The molecule has 118 valence electrons. The molecule has 0 spiro atoms. The third-order valence-corrected chi connectivity index (χ3v) is 3.41. The predicted molar refractivity (Wildman–Crippen MR) is 80.5 cm³/mol. The summed E-state index contributed by atoms with van der Waals surface area (Å²) in [7, 11) is 0. The van der Waals surface area contributed by atoms with Crippen LogP contribution >= 0.6 is 11.3 Å². The van der Waals surface area contributed by atoms with Crippen LogP contribution in [-0.4, -0.2) is 28.3 Å². The van der Waals surface area contributed by atoms with Crippen LogP contribution in [0.3, 0.4) is 0 Å². The van der Waals surface area contributed by atoms with Gasteiger partial charge >= 0.3 is 11.8 Å². The van der Waals surface area contributed by atoms with E-state index in [9.17, 15) is 14.4 Å². The Balaban J connectivity index is 1.95. The van der Waals surface area contributed by atoms with E-state index in [0.717, 1.165) is 4.68 Å². The molecule has 0 aliphatic heterocycles. The van der Waals surface area contributed by atoms with E-state index in [0.29, 0.717) is 11.4 Å². The van der Waals surface area contributed by atoms with Crippen molar-refractivity contribution in [1.29, 1.82) is 0 Å². The van der Waals surface area contributed by atoms with Crippen LogP contribution in [0, 0.1) is 5.92 Å². The summed E-state index contributed by atoms with van der Waals surface area (Å²) in [6, 6.07) is 2.94. The average Bonchev–Trinajstić information content (AvgIpc) is 3.07. The molecule has 2 N–H and O–H groups in total. The Hall–Kier alpha value is -2.42. The van der Waals surface area contributed by atoms with Gasteiger partial charge in [-0.05, 0) is 17.4 Å². The zero-order valence-electron chi connectivity index (χ0n) is 12.2. The van der Waals surface area contributed by atoms with Crippen LogP contribution in [0.2, 0.25) is 0 Å². The molecule has 0 radical (unpaired) electrons. The van der Waals surface area contributed by atoms with E-state index < -0.39 is 17.7 Å². The molecule has 0 atom stereocenters. The number of aromatic nitrogens is 2. The van der Waals surface area contributed by atoms with Gasteiger partial charge in [-0.1, -0.05) is 19.9 Å². The molecule has 2 aromatic heterocycles. The van der Waals surface area contributed by atoms with Gasteiger partial charge in [0.1, 0.15) is 6.54 Å². The van der Waals surface area contributed by atoms with Gasteiger partial charge in [0.15, 0.2) is 0 Å². The number of hydrogen-bond acceptors (Lipinski definition) is 6. The highest BCUT2D eigenvalue weighted by Crippen LogP contribution is 2.20. The van der Waals surface area contributed by atoms with Crippen LogP contribution in [0.15, 0.2) is 26.7 Å². The van der Waals surface area contributed by atoms with E-state index in [2.05, 4.69) is 15.7 Å². The standard InChI is InChI=1S/C13H16N4O4S/c1-8(2)6-14-12(19)15-10(18)7-17-13(20)21-11(16-17)9-4-3-5-22-9/h3-5,8H,6-7H2,1-2H3,(H2,14,15,18,19). The van der Waals surface area contributed by atoms with Crippen molar-refractivity contribution in [3.63, 3.8) is 0 Å². The lowest BCUT2D eigenvalue weighted by atomic mass is 10.2. The van der Waals surface area contributed by atoms with Gasteiger partial charge in [-0.3, -0.25) is 10.1 Å². The molecule has 3 amide bonds. The predicted octanol–water partition coefficient (Wildman–Crippen LogP) is 1.05. The summed E-state index contributed by atoms with van der Waals surface area (Å²) in [4.78, 5) is 35.5. The largest absolute Gasteiger partial charge is 0.437 e. The summed E-state index contributed by atoms with van der Waals surface area (Å²) in [6.45, 7) is 3.93. The fourth-order valence-corrected chi connectivity index (χ4v) is 2.19. The van der Waals surface area contributed by atoms with Crippen molar-refractivity contribution in [2.24, 2.45) is 5.92 Å². The number of imide groups is 1. The SMILES string of the molecule is CC(C)CNC(=O)NC(=O)Cn1nc(-c2cccs2)oc1=O. The molecule has 0 aliphatic rings. The molecule has 2 rings (SSSR count). The summed E-state index contributed by atoms with van der Waals surface area (Å²) < 4.78 is 5.85. The maximum absolute atomic E-state index is 11.7. The van der Waals surface area contributed by atoms with Crippen molar-refractivity contribution < 1.29 is 14.0 Å². The number of hydrogen-bond donors (Lipinski definition) is 2. The molecule has 0 aliphatic carbocycles. The Morgan fingerprint density at radius 2 is 2.23 bits per heavy atom. The van der Waals surface area contributed by atoms with E-state index in [1.807, 2.05) is 19.2 Å². The normalized spacial score (nSPS) is 10.7. The molecule has 0 unspecified atom stereocenters. The first-order valence-electron chi connectivity index (χ1n) is 6.65. The first kappa shape index (κ1) is 16.0. The Bertz CT molecular complexity index is 702. The first-order valence-corrected chi connectivity index (χ1v) is 7.53. The first-order chi connectivity index (χ1) is 10.5. The van der Waals surface area contributed by atoms with E-state index in [-0.39, 0.29) is 18.4 Å². The zero-order valence-corrected chi connectivity index (χ0v) is 13.0. The third-order valence-electron chi connectivity index (χ3n) is 2.56. The molecular weight excluding hydrogens is 308 g/mol. The van der Waals surface area contributed by atoms with E-state index in [1.54, 1.807) is 12.1 Å². The van der Waals surface area contributed by atoms with Gasteiger partial charge in [-0.2, -0.15) is 4.68 Å². The smallest absolute Gasteiger partial charge is 0.387 e. The lowest BCUT2D eigenvalue weighted by Crippen LogP contribution is -2.43. The number of nitrogens with one attached hydrogen (secondary N) is 2. The van der Waals surface area contributed by atoms with E-state index >= 15 is 0 Å². The van der Waals surface area contributed by atoms with Crippen molar-refractivity contribution in [2.75, 3.05) is 6.54 Å². The molecule has 0 fully saturated rings. The summed E-state index contributed by atoms with van der Waals surface area (Å²) in [5.41, 5.74) is 0. The van der Waals surface area contributed by atoms with Crippen molar-refractivity contribution in [1.82, 2.24) is 20.4 Å². The summed E-state index contributed by atoms with van der Waals surface area (Å²) in [6.07, 6.45) is 0. The second kappa shape index (κ2) is 7.03. The van der Waals surface area contributed by atoms with Crippen LogP contribution in [0.25, 0.3) is 10.8 Å². The average molecular weight is 324 g/mol. The molecule has 0 saturated heterocycles. The van der Waals surface area contributed by atoms with Crippen LogP contribution in [0.4, 0.5) is 4.79 Å². The molecule has 22 heavy (non-hydrogen) atoms. The third kappa shape index (κ3) is 4.29. The number of urea groups is 1. The summed E-state index contributed by atoms with van der Waals surface area (Å²) in [5.74, 6) is -0.972. The van der Waals surface area contributed by atoms with Crippen molar-refractivity contribution in [3.05, 3.63) is 28.1 Å². The van der Waals surface area contributed by atoms with Gasteiger partial charge in [-0.25, -0.2) is 9.59 Å². The lowest BCUT2D eigenvalue weighted by molar-refractivity contribution is -0.120. The molecule has 0 aromatic carbocycles. The Labute approximate surface area is 130 Å². The molecule has 8 nitrogen and oxygen atoms in total.